The third-order valence-electron chi connectivity index (χ3n) is 2.88. The van der Waals surface area contributed by atoms with E-state index in [1.165, 1.54) is 5.56 Å². The van der Waals surface area contributed by atoms with Gasteiger partial charge in [0, 0.05) is 12.1 Å². The van der Waals surface area contributed by atoms with Gasteiger partial charge in [0.25, 0.3) is 0 Å². The molecule has 2 aromatic rings. The van der Waals surface area contributed by atoms with Crippen molar-refractivity contribution in [2.24, 2.45) is 0 Å². The molecular formula is C13H17N3S. The predicted molar refractivity (Wildman–Crippen MR) is 72.2 cm³/mol. The van der Waals surface area contributed by atoms with E-state index in [1.54, 1.807) is 0 Å². The normalized spacial score (nSPS) is 11.1. The largest absolute Gasteiger partial charge is 0.272 e. The standard InChI is InChI=1S/C13H17N3S/c1-4-12-14-15-13(17)16(12)11-7-5-10(6-8-11)9(2)3/h5-9H,4H2,1-3H3,(H,15,17). The molecule has 0 unspecified atom stereocenters. The van der Waals surface area contributed by atoms with Crippen molar-refractivity contribution >= 4 is 12.2 Å². The van der Waals surface area contributed by atoms with E-state index in [4.69, 9.17) is 12.2 Å². The maximum atomic E-state index is 5.25. The van der Waals surface area contributed by atoms with Crippen molar-refractivity contribution in [2.45, 2.75) is 33.1 Å². The molecule has 2 rings (SSSR count). The maximum absolute atomic E-state index is 5.25. The van der Waals surface area contributed by atoms with E-state index in [-0.39, 0.29) is 0 Å². The summed E-state index contributed by atoms with van der Waals surface area (Å²) in [6.07, 6.45) is 0.860. The van der Waals surface area contributed by atoms with Gasteiger partial charge in [0.1, 0.15) is 5.82 Å². The van der Waals surface area contributed by atoms with Crippen LogP contribution in [0.3, 0.4) is 0 Å². The molecule has 1 N–H and O–H groups in total. The third-order valence-corrected chi connectivity index (χ3v) is 3.15. The minimum Gasteiger partial charge on any atom is -0.272 e. The van der Waals surface area contributed by atoms with E-state index in [9.17, 15) is 0 Å². The van der Waals surface area contributed by atoms with Gasteiger partial charge < -0.3 is 0 Å². The fourth-order valence-electron chi connectivity index (χ4n) is 1.84. The molecule has 0 spiro atoms. The molecule has 0 atom stereocenters. The Morgan fingerprint density at radius 1 is 1.29 bits per heavy atom. The molecule has 0 aliphatic heterocycles. The summed E-state index contributed by atoms with van der Waals surface area (Å²) in [4.78, 5) is 0. The van der Waals surface area contributed by atoms with Crippen LogP contribution in [0.2, 0.25) is 0 Å². The molecule has 0 fully saturated rings. The summed E-state index contributed by atoms with van der Waals surface area (Å²) in [6.45, 7) is 6.45. The Balaban J connectivity index is 2.46. The molecule has 0 aliphatic rings. The van der Waals surface area contributed by atoms with Crippen LogP contribution in [0.5, 0.6) is 0 Å². The molecule has 0 aliphatic carbocycles. The van der Waals surface area contributed by atoms with Crippen molar-refractivity contribution < 1.29 is 0 Å². The van der Waals surface area contributed by atoms with Crippen molar-refractivity contribution in [1.82, 2.24) is 14.8 Å². The lowest BCUT2D eigenvalue weighted by Gasteiger charge is -2.08. The average Bonchev–Trinajstić information content (AvgIpc) is 2.70. The number of aromatic nitrogens is 3. The van der Waals surface area contributed by atoms with Gasteiger partial charge >= 0.3 is 0 Å². The van der Waals surface area contributed by atoms with Crippen LogP contribution in [0.25, 0.3) is 5.69 Å². The van der Waals surface area contributed by atoms with Crippen LogP contribution in [-0.2, 0) is 6.42 Å². The van der Waals surface area contributed by atoms with Gasteiger partial charge in [-0.25, -0.2) is 0 Å². The number of aryl methyl sites for hydroxylation is 1. The average molecular weight is 247 g/mol. The van der Waals surface area contributed by atoms with Gasteiger partial charge in [0.05, 0.1) is 0 Å². The van der Waals surface area contributed by atoms with Crippen molar-refractivity contribution in [1.29, 1.82) is 0 Å². The molecule has 0 radical (unpaired) electrons. The minimum absolute atomic E-state index is 0.548. The zero-order valence-corrected chi connectivity index (χ0v) is 11.2. The van der Waals surface area contributed by atoms with E-state index in [1.807, 2.05) is 4.57 Å². The van der Waals surface area contributed by atoms with Gasteiger partial charge in [0.2, 0.25) is 0 Å². The van der Waals surface area contributed by atoms with Crippen LogP contribution < -0.4 is 0 Å². The second kappa shape index (κ2) is 4.84. The van der Waals surface area contributed by atoms with Crippen LogP contribution in [0.1, 0.15) is 38.1 Å². The highest BCUT2D eigenvalue weighted by molar-refractivity contribution is 7.71. The first kappa shape index (κ1) is 12.0. The van der Waals surface area contributed by atoms with Crippen molar-refractivity contribution in [3.8, 4) is 5.69 Å². The highest BCUT2D eigenvalue weighted by Gasteiger charge is 2.06. The fourth-order valence-corrected chi connectivity index (χ4v) is 2.10. The summed E-state index contributed by atoms with van der Waals surface area (Å²) >= 11 is 5.25. The molecule has 90 valence electrons. The lowest BCUT2D eigenvalue weighted by Crippen LogP contribution is -2.00. The molecular weight excluding hydrogens is 230 g/mol. The molecule has 4 heteroatoms. The summed E-state index contributed by atoms with van der Waals surface area (Å²) in [6, 6.07) is 8.49. The quantitative estimate of drug-likeness (QED) is 0.840. The molecule has 0 amide bonds. The number of nitrogens with zero attached hydrogens (tertiary/aromatic N) is 2. The minimum atomic E-state index is 0.548. The molecule has 17 heavy (non-hydrogen) atoms. The summed E-state index contributed by atoms with van der Waals surface area (Å²) in [7, 11) is 0. The van der Waals surface area contributed by atoms with E-state index in [2.05, 4.69) is 55.2 Å². The molecule has 0 bridgehead atoms. The Morgan fingerprint density at radius 3 is 2.47 bits per heavy atom. The second-order valence-corrected chi connectivity index (χ2v) is 4.77. The molecule has 0 saturated carbocycles. The number of hydrogen-bond donors (Lipinski definition) is 1. The van der Waals surface area contributed by atoms with Crippen LogP contribution in [-0.4, -0.2) is 14.8 Å². The van der Waals surface area contributed by atoms with E-state index in [0.29, 0.717) is 10.7 Å². The topological polar surface area (TPSA) is 33.6 Å². The highest BCUT2D eigenvalue weighted by atomic mass is 32.1. The van der Waals surface area contributed by atoms with Crippen molar-refractivity contribution in [3.63, 3.8) is 0 Å². The first-order valence-corrected chi connectivity index (χ1v) is 6.31. The van der Waals surface area contributed by atoms with E-state index < -0.39 is 0 Å². The van der Waals surface area contributed by atoms with Gasteiger partial charge in [-0.05, 0) is 35.8 Å². The summed E-state index contributed by atoms with van der Waals surface area (Å²) in [5.41, 5.74) is 2.41. The SMILES string of the molecule is CCc1n[nH]c(=S)n1-c1ccc(C(C)C)cc1. The number of rotatable bonds is 3. The molecule has 0 saturated heterocycles. The third kappa shape index (κ3) is 2.31. The number of H-pyrrole nitrogens is 1. The Hall–Kier alpha value is -1.42. The lowest BCUT2D eigenvalue weighted by atomic mass is 10.0. The zero-order chi connectivity index (χ0) is 12.4. The van der Waals surface area contributed by atoms with Crippen LogP contribution in [0.4, 0.5) is 0 Å². The Morgan fingerprint density at radius 2 is 1.94 bits per heavy atom. The number of aromatic amines is 1. The Kier molecular flexibility index (Phi) is 3.43. The number of hydrogen-bond acceptors (Lipinski definition) is 2. The first-order valence-electron chi connectivity index (χ1n) is 5.90. The number of nitrogens with one attached hydrogen (secondary N) is 1. The smallest absolute Gasteiger partial charge is 0.199 e. The Labute approximate surface area is 106 Å². The van der Waals surface area contributed by atoms with E-state index in [0.717, 1.165) is 17.9 Å². The highest BCUT2D eigenvalue weighted by Crippen LogP contribution is 2.18. The van der Waals surface area contributed by atoms with Crippen LogP contribution in [0, 0.1) is 4.77 Å². The monoisotopic (exact) mass is 247 g/mol. The summed E-state index contributed by atoms with van der Waals surface area (Å²) < 4.78 is 2.64. The fraction of sp³-hybridized carbons (Fsp3) is 0.385. The predicted octanol–water partition coefficient (Wildman–Crippen LogP) is 3.62. The van der Waals surface area contributed by atoms with Crippen LogP contribution in [0.15, 0.2) is 24.3 Å². The van der Waals surface area contributed by atoms with Crippen molar-refractivity contribution in [2.75, 3.05) is 0 Å². The number of benzene rings is 1. The second-order valence-electron chi connectivity index (χ2n) is 4.38. The molecule has 1 aromatic carbocycles. The maximum Gasteiger partial charge on any atom is 0.199 e. The van der Waals surface area contributed by atoms with Gasteiger partial charge in [-0.2, -0.15) is 5.10 Å². The summed E-state index contributed by atoms with van der Waals surface area (Å²) in [5.74, 6) is 1.51. The van der Waals surface area contributed by atoms with Crippen LogP contribution >= 0.6 is 12.2 Å². The van der Waals surface area contributed by atoms with Gasteiger partial charge in [-0.15, -0.1) is 0 Å². The molecule has 1 aromatic heterocycles. The Bertz CT molecular complexity index is 549. The van der Waals surface area contributed by atoms with Crippen molar-refractivity contribution in [3.05, 3.63) is 40.4 Å². The van der Waals surface area contributed by atoms with Gasteiger partial charge in [0.15, 0.2) is 4.77 Å². The molecule has 3 nitrogen and oxygen atoms in total. The van der Waals surface area contributed by atoms with E-state index >= 15 is 0 Å². The zero-order valence-electron chi connectivity index (χ0n) is 10.4. The van der Waals surface area contributed by atoms with Gasteiger partial charge in [-0.1, -0.05) is 32.9 Å². The van der Waals surface area contributed by atoms with Gasteiger partial charge in [-0.3, -0.25) is 9.67 Å². The summed E-state index contributed by atoms with van der Waals surface area (Å²) in [5, 5.41) is 7.05. The first-order chi connectivity index (χ1) is 8.13. The lowest BCUT2D eigenvalue weighted by molar-refractivity contribution is 0.857. The molecule has 1 heterocycles.